The molecule has 4 nitrogen and oxygen atoms in total. The maximum absolute atomic E-state index is 6.13. The van der Waals surface area contributed by atoms with Gasteiger partial charge in [0.1, 0.15) is 0 Å². The van der Waals surface area contributed by atoms with Gasteiger partial charge in [-0.2, -0.15) is 0 Å². The fourth-order valence-corrected chi connectivity index (χ4v) is 10.2. The van der Waals surface area contributed by atoms with Crippen molar-refractivity contribution >= 4 is 35.3 Å². The van der Waals surface area contributed by atoms with E-state index in [1.54, 1.807) is 0 Å². The van der Waals surface area contributed by atoms with Crippen molar-refractivity contribution in [2.45, 2.75) is 123 Å². The summed E-state index contributed by atoms with van der Waals surface area (Å²) in [4.78, 5) is 14.0. The second kappa shape index (κ2) is 18.0. The van der Waals surface area contributed by atoms with Crippen molar-refractivity contribution in [1.82, 2.24) is 15.0 Å². The third-order valence-electron chi connectivity index (χ3n) is 11.4. The molecule has 0 atom stereocenters. The fourth-order valence-electron chi connectivity index (χ4n) is 8.62. The largest absolute Gasteiger partial charge is 0.486 e. The molecule has 285 valence electrons. The van der Waals surface area contributed by atoms with Crippen LogP contribution in [0.4, 0.5) is 0 Å². The second-order valence-corrected chi connectivity index (χ2v) is 22.2. The molecule has 6 aromatic rings. The molecule has 2 aromatic carbocycles. The van der Waals surface area contributed by atoms with Gasteiger partial charge in [0, 0.05) is 43.6 Å². The van der Waals surface area contributed by atoms with Crippen LogP contribution in [-0.2, 0) is 32.9 Å². The molecule has 1 radical (unpaired) electrons. The van der Waals surface area contributed by atoms with Crippen LogP contribution in [0.3, 0.4) is 0 Å². The van der Waals surface area contributed by atoms with Crippen LogP contribution in [0.15, 0.2) is 77.5 Å². The van der Waals surface area contributed by atoms with E-state index >= 15 is 0 Å². The molecule has 0 amide bonds. The molecule has 0 spiro atoms. The Bertz CT molecular complexity index is 2150. The van der Waals surface area contributed by atoms with E-state index in [0.717, 1.165) is 63.7 Å². The Morgan fingerprint density at radius 1 is 0.796 bits per heavy atom. The average Bonchev–Trinajstić information content (AvgIpc) is 3.53. The van der Waals surface area contributed by atoms with E-state index in [4.69, 9.17) is 9.40 Å². The topological polar surface area (TPSA) is 51.8 Å². The number of rotatable bonds is 8. The van der Waals surface area contributed by atoms with Crippen LogP contribution < -0.4 is 5.19 Å². The summed E-state index contributed by atoms with van der Waals surface area (Å²) in [6.07, 6.45) is 20.1. The number of aryl methyl sites for hydroxylation is 1. The first kappa shape index (κ1) is 40.2. The van der Waals surface area contributed by atoms with E-state index < -0.39 is 8.07 Å². The molecule has 2 aliphatic carbocycles. The van der Waals surface area contributed by atoms with Gasteiger partial charge in [0.2, 0.25) is 5.71 Å². The normalized spacial score (nSPS) is 15.6. The predicted molar refractivity (Wildman–Crippen MR) is 224 cm³/mol. The Balaban J connectivity index is 0.000000181. The molecule has 0 unspecified atom stereocenters. The average molecular weight is 912 g/mol. The summed E-state index contributed by atoms with van der Waals surface area (Å²) in [5.41, 5.74) is 10.9. The van der Waals surface area contributed by atoms with E-state index in [0.29, 0.717) is 11.6 Å². The summed E-state index contributed by atoms with van der Waals surface area (Å²) in [7, 11) is -1.38. The molecule has 54 heavy (non-hydrogen) atoms. The zero-order valence-electron chi connectivity index (χ0n) is 33.2. The van der Waals surface area contributed by atoms with Gasteiger partial charge in [-0.1, -0.05) is 119 Å². The number of furan rings is 1. The predicted octanol–water partition coefficient (Wildman–Crippen LogP) is 12.6. The van der Waals surface area contributed by atoms with Crippen molar-refractivity contribution in [3.63, 3.8) is 0 Å². The molecule has 4 heterocycles. The van der Waals surface area contributed by atoms with Gasteiger partial charge in [-0.3, -0.25) is 0 Å². The Morgan fingerprint density at radius 2 is 1.54 bits per heavy atom. The summed E-state index contributed by atoms with van der Waals surface area (Å²) >= 11 is 0. The third-order valence-corrected chi connectivity index (χ3v) is 13.4. The van der Waals surface area contributed by atoms with Crippen LogP contribution in [0.1, 0.15) is 106 Å². The minimum Gasteiger partial charge on any atom is -0.486 e. The molecule has 0 N–H and O–H groups in total. The summed E-state index contributed by atoms with van der Waals surface area (Å²) in [6.45, 7) is 13.9. The molecule has 2 fully saturated rings. The van der Waals surface area contributed by atoms with Gasteiger partial charge in [-0.15, -0.1) is 53.6 Å². The van der Waals surface area contributed by atoms with Crippen LogP contribution in [0, 0.1) is 30.9 Å². The van der Waals surface area contributed by atoms with Gasteiger partial charge in [-0.25, -0.2) is 4.98 Å². The van der Waals surface area contributed by atoms with Crippen molar-refractivity contribution in [2.24, 2.45) is 11.8 Å². The first-order valence-corrected chi connectivity index (χ1v) is 23.8. The minimum atomic E-state index is -1.38. The van der Waals surface area contributed by atoms with Crippen molar-refractivity contribution < 1.29 is 24.5 Å². The maximum atomic E-state index is 6.13. The molecule has 0 aliphatic heterocycles. The van der Waals surface area contributed by atoms with Gasteiger partial charge < -0.3 is 14.4 Å². The van der Waals surface area contributed by atoms with E-state index in [-0.39, 0.29) is 20.1 Å². The van der Waals surface area contributed by atoms with E-state index in [2.05, 4.69) is 104 Å². The first-order chi connectivity index (χ1) is 25.6. The van der Waals surface area contributed by atoms with Crippen LogP contribution in [0.2, 0.25) is 19.6 Å². The second-order valence-electron chi connectivity index (χ2n) is 17.2. The molecule has 2 saturated carbocycles. The monoisotopic (exact) mass is 912 g/mol. The van der Waals surface area contributed by atoms with Gasteiger partial charge in [-0.05, 0) is 85.1 Å². The van der Waals surface area contributed by atoms with Crippen LogP contribution in [-0.4, -0.2) is 23.0 Å². The van der Waals surface area contributed by atoms with Crippen LogP contribution in [0.25, 0.3) is 44.6 Å². The van der Waals surface area contributed by atoms with E-state index in [9.17, 15) is 0 Å². The molecule has 4 aromatic heterocycles. The Hall–Kier alpha value is -3.44. The molecule has 2 aliphatic rings. The number of hydrogen-bond donors (Lipinski definition) is 0. The molecular formula is C48H57IrN3OSi-2. The van der Waals surface area contributed by atoms with Gasteiger partial charge in [0.25, 0.3) is 0 Å². The SMILES string of the molecule is CC(C)Cc1cc(-c2[c-]ccc(C3CCCCC3)c2)ncc1[Si](C)(C)C.Cc1ccc2c(n1)oc1c(-c3cc(CC4CCCCC4)ccn3)[c-]ccc12.[Ir]. The number of hydrogen-bond acceptors (Lipinski definition) is 4. The van der Waals surface area contributed by atoms with Crippen LogP contribution >= 0.6 is 0 Å². The van der Waals surface area contributed by atoms with Gasteiger partial charge in [0.15, 0.2) is 0 Å². The number of aromatic nitrogens is 3. The molecule has 6 heteroatoms. The quantitative estimate of drug-likeness (QED) is 0.113. The Labute approximate surface area is 338 Å². The van der Waals surface area contributed by atoms with Crippen molar-refractivity contribution in [1.29, 1.82) is 0 Å². The standard InChI is InChI=1S/C24H23N2O.C24H34NSi.Ir/c1-16-10-11-20-19-8-5-9-21(23(19)27-24(20)26-16)22-15-18(12-13-25-22)14-17-6-3-2-4-7-17;1-18(2)14-22-16-23(25-17-24(22)26(3,4)5)21-13-9-12-20(15-21)19-10-7-6-8-11-19;/h5,8,10-13,15,17H,2-4,6-7,14H2,1H3;9,12,15-19H,6-8,10-11,14H2,1-5H3;/q2*-1;. The maximum Gasteiger partial charge on any atom is 0.216 e. The first-order valence-electron chi connectivity index (χ1n) is 20.3. The number of pyridine rings is 3. The van der Waals surface area contributed by atoms with E-state index in [1.165, 1.54) is 91.6 Å². The van der Waals surface area contributed by atoms with Crippen molar-refractivity contribution in [3.05, 3.63) is 108 Å². The fraction of sp³-hybridized carbons (Fsp3) is 0.438. The molecule has 0 bridgehead atoms. The molecular weight excluding hydrogens is 855 g/mol. The van der Waals surface area contributed by atoms with Crippen molar-refractivity contribution in [2.75, 3.05) is 0 Å². The number of nitrogens with zero attached hydrogens (tertiary/aromatic N) is 3. The summed E-state index contributed by atoms with van der Waals surface area (Å²) in [5.74, 6) is 2.21. The smallest absolute Gasteiger partial charge is 0.216 e. The zero-order valence-corrected chi connectivity index (χ0v) is 36.6. The zero-order chi connectivity index (χ0) is 37.0. The molecule has 8 rings (SSSR count). The van der Waals surface area contributed by atoms with Gasteiger partial charge in [0.05, 0.1) is 13.7 Å². The number of benzene rings is 2. The van der Waals surface area contributed by atoms with Crippen LogP contribution in [0.5, 0.6) is 0 Å². The Kier molecular flexibility index (Phi) is 13.4. The van der Waals surface area contributed by atoms with Crippen molar-refractivity contribution in [3.8, 4) is 22.5 Å². The minimum absolute atomic E-state index is 0. The summed E-state index contributed by atoms with van der Waals surface area (Å²) in [5, 5.41) is 3.63. The molecule has 0 saturated heterocycles. The Morgan fingerprint density at radius 3 is 2.28 bits per heavy atom. The summed E-state index contributed by atoms with van der Waals surface area (Å²) < 4.78 is 6.13. The summed E-state index contributed by atoms with van der Waals surface area (Å²) in [6, 6.07) is 28.4. The number of fused-ring (bicyclic) bond motifs is 3. The van der Waals surface area contributed by atoms with E-state index in [1.807, 2.05) is 31.3 Å². The third kappa shape index (κ3) is 9.67. The van der Waals surface area contributed by atoms with Gasteiger partial charge >= 0.3 is 0 Å².